The third-order valence-electron chi connectivity index (χ3n) is 9.98. The van der Waals surface area contributed by atoms with Crippen molar-refractivity contribution in [1.82, 2.24) is 14.9 Å². The SMILES string of the molecule is COC1(CNC(=O)C2NC(C34CC(N(Cc5ccc(C(F)(F)F)cc5)S(=O)(=O)c5ccc(F)cc5)(C3)C4)=NC2(C)C)CCC1. The van der Waals surface area contributed by atoms with Crippen LogP contribution in [-0.2, 0) is 32.3 Å². The number of aliphatic imine (C=N–C) groups is 1. The van der Waals surface area contributed by atoms with Crippen molar-refractivity contribution in [3.8, 4) is 0 Å². The molecule has 44 heavy (non-hydrogen) atoms. The van der Waals surface area contributed by atoms with Crippen molar-refractivity contribution in [2.24, 2.45) is 10.4 Å². The van der Waals surface area contributed by atoms with Gasteiger partial charge < -0.3 is 15.4 Å². The number of hydrogen-bond donors (Lipinski definition) is 2. The van der Waals surface area contributed by atoms with Crippen molar-refractivity contribution in [2.45, 2.75) is 92.7 Å². The fraction of sp³-hybridized carbons (Fsp3) is 0.548. The standard InChI is InChI=1S/C31H36F4N4O4S/c1-27(2)24(25(40)36-19-30(43-3)13-4-14-30)37-26(38-27)28-16-29(17-28,18-28)39(44(41,42)23-11-9-22(32)10-12-23)15-20-5-7-21(8-6-20)31(33,34)35/h5-12,24H,4,13-19H2,1-3H3,(H,36,40)(H,37,38). The third-order valence-corrected chi connectivity index (χ3v) is 11.9. The van der Waals surface area contributed by atoms with Crippen molar-refractivity contribution in [2.75, 3.05) is 13.7 Å². The lowest BCUT2D eigenvalue weighted by molar-refractivity contribution is -0.151. The van der Waals surface area contributed by atoms with E-state index >= 15 is 0 Å². The molecule has 5 aliphatic rings. The van der Waals surface area contributed by atoms with E-state index in [1.807, 2.05) is 13.8 Å². The third kappa shape index (κ3) is 5.10. The lowest BCUT2D eigenvalue weighted by Crippen LogP contribution is -2.78. The number of rotatable bonds is 10. The van der Waals surface area contributed by atoms with Crippen LogP contribution in [0.25, 0.3) is 0 Å². The first-order valence-electron chi connectivity index (χ1n) is 14.7. The summed E-state index contributed by atoms with van der Waals surface area (Å²) in [6, 6.07) is 8.34. The van der Waals surface area contributed by atoms with Gasteiger partial charge in [-0.2, -0.15) is 17.5 Å². The minimum absolute atomic E-state index is 0.0981. The second-order valence-corrected chi connectivity index (χ2v) is 15.2. The smallest absolute Gasteiger partial charge is 0.376 e. The highest BCUT2D eigenvalue weighted by Gasteiger charge is 2.75. The van der Waals surface area contributed by atoms with Crippen molar-refractivity contribution in [3.63, 3.8) is 0 Å². The van der Waals surface area contributed by atoms with E-state index in [0.717, 1.165) is 43.5 Å². The van der Waals surface area contributed by atoms with E-state index in [1.54, 1.807) is 7.11 Å². The number of amidine groups is 1. The van der Waals surface area contributed by atoms with Gasteiger partial charge in [0, 0.05) is 31.2 Å². The lowest BCUT2D eigenvalue weighted by atomic mass is 9.38. The largest absolute Gasteiger partial charge is 0.416 e. The Balaban J connectivity index is 1.20. The number of alkyl halides is 3. The molecule has 1 aliphatic heterocycles. The average molecular weight is 637 g/mol. The molecular formula is C31H36F4N4O4S. The van der Waals surface area contributed by atoms with Crippen LogP contribution in [-0.4, -0.2) is 60.8 Å². The first-order chi connectivity index (χ1) is 20.5. The van der Waals surface area contributed by atoms with Gasteiger partial charge in [0.2, 0.25) is 15.9 Å². The van der Waals surface area contributed by atoms with Crippen LogP contribution >= 0.6 is 0 Å². The summed E-state index contributed by atoms with van der Waals surface area (Å²) in [4.78, 5) is 18.0. The van der Waals surface area contributed by atoms with E-state index in [2.05, 4.69) is 10.6 Å². The van der Waals surface area contributed by atoms with E-state index < -0.39 is 50.1 Å². The maximum absolute atomic E-state index is 13.9. The Kier molecular flexibility index (Phi) is 7.21. The number of halogens is 4. The zero-order valence-corrected chi connectivity index (χ0v) is 25.6. The van der Waals surface area contributed by atoms with E-state index in [9.17, 15) is 30.8 Å². The van der Waals surface area contributed by atoms with Crippen LogP contribution in [0.3, 0.4) is 0 Å². The number of benzene rings is 2. The molecular weight excluding hydrogens is 600 g/mol. The zero-order chi connectivity index (χ0) is 31.8. The second-order valence-electron chi connectivity index (χ2n) is 13.3. The summed E-state index contributed by atoms with van der Waals surface area (Å²) in [5, 5.41) is 6.35. The lowest BCUT2D eigenvalue weighted by Gasteiger charge is -2.72. The van der Waals surface area contributed by atoms with Gasteiger partial charge in [0.05, 0.1) is 21.6 Å². The van der Waals surface area contributed by atoms with Gasteiger partial charge in [-0.05, 0) is 94.3 Å². The number of ether oxygens (including phenoxy) is 1. The molecule has 4 fully saturated rings. The molecule has 2 bridgehead atoms. The molecule has 238 valence electrons. The second kappa shape index (κ2) is 10.2. The van der Waals surface area contributed by atoms with Crippen LogP contribution in [0.4, 0.5) is 17.6 Å². The van der Waals surface area contributed by atoms with Crippen LogP contribution in [0.5, 0.6) is 0 Å². The molecule has 0 aromatic heterocycles. The van der Waals surface area contributed by atoms with Crippen LogP contribution < -0.4 is 10.6 Å². The molecule has 2 N–H and O–H groups in total. The van der Waals surface area contributed by atoms with Gasteiger partial charge in [0.1, 0.15) is 17.7 Å². The van der Waals surface area contributed by atoms with E-state index in [-0.39, 0.29) is 22.9 Å². The summed E-state index contributed by atoms with van der Waals surface area (Å²) >= 11 is 0. The van der Waals surface area contributed by atoms with Gasteiger partial charge in [0.15, 0.2) is 0 Å². The van der Waals surface area contributed by atoms with Crippen LogP contribution in [0.1, 0.15) is 63.5 Å². The van der Waals surface area contributed by atoms with Gasteiger partial charge in [-0.1, -0.05) is 12.1 Å². The van der Waals surface area contributed by atoms with E-state index in [0.29, 0.717) is 37.2 Å². The predicted octanol–water partition coefficient (Wildman–Crippen LogP) is 4.79. The summed E-state index contributed by atoms with van der Waals surface area (Å²) in [5.41, 5.74) is -2.71. The monoisotopic (exact) mass is 636 g/mol. The number of sulfonamides is 1. The highest BCUT2D eigenvalue weighted by molar-refractivity contribution is 7.89. The Morgan fingerprint density at radius 2 is 1.68 bits per heavy atom. The Morgan fingerprint density at radius 1 is 1.07 bits per heavy atom. The molecule has 0 spiro atoms. The fourth-order valence-corrected chi connectivity index (χ4v) is 8.94. The molecule has 1 amide bonds. The van der Waals surface area contributed by atoms with Gasteiger partial charge in [-0.15, -0.1) is 0 Å². The summed E-state index contributed by atoms with van der Waals surface area (Å²) in [7, 11) is -2.49. The number of hydrogen-bond acceptors (Lipinski definition) is 6. The molecule has 0 radical (unpaired) electrons. The Hall–Kier alpha value is -3.03. The van der Waals surface area contributed by atoms with Crippen molar-refractivity contribution in [3.05, 3.63) is 65.5 Å². The van der Waals surface area contributed by atoms with Crippen LogP contribution in [0, 0.1) is 11.2 Å². The number of methoxy groups -OCH3 is 1. The average Bonchev–Trinajstić information content (AvgIpc) is 3.21. The molecule has 8 nitrogen and oxygen atoms in total. The summed E-state index contributed by atoms with van der Waals surface area (Å²) < 4.78 is 87.9. The minimum atomic E-state index is -4.52. The highest BCUT2D eigenvalue weighted by Crippen LogP contribution is 2.71. The van der Waals surface area contributed by atoms with Crippen molar-refractivity contribution in [1.29, 1.82) is 0 Å². The predicted molar refractivity (Wildman–Crippen MR) is 155 cm³/mol. The molecule has 2 aromatic carbocycles. The van der Waals surface area contributed by atoms with Gasteiger partial charge in [-0.25, -0.2) is 12.8 Å². The van der Waals surface area contributed by atoms with Gasteiger partial charge >= 0.3 is 6.18 Å². The van der Waals surface area contributed by atoms with E-state index in [1.165, 1.54) is 28.6 Å². The van der Waals surface area contributed by atoms with Crippen molar-refractivity contribution >= 4 is 21.8 Å². The highest BCUT2D eigenvalue weighted by atomic mass is 32.2. The van der Waals surface area contributed by atoms with Gasteiger partial charge in [0.25, 0.3) is 0 Å². The molecule has 4 aliphatic carbocycles. The Morgan fingerprint density at radius 3 is 2.20 bits per heavy atom. The maximum atomic E-state index is 13.9. The first-order valence-corrected chi connectivity index (χ1v) is 16.1. The number of carbonyl (C=O) groups excluding carboxylic acids is 1. The summed E-state index contributed by atoms with van der Waals surface area (Å²) in [6.07, 6.45) is -0.373. The fourth-order valence-electron chi connectivity index (χ4n) is 7.19. The summed E-state index contributed by atoms with van der Waals surface area (Å²) in [6.45, 7) is 4.03. The molecule has 1 unspecified atom stereocenters. The molecule has 13 heteroatoms. The Bertz CT molecular complexity index is 1560. The molecule has 1 heterocycles. The van der Waals surface area contributed by atoms with Crippen LogP contribution in [0.2, 0.25) is 0 Å². The maximum Gasteiger partial charge on any atom is 0.416 e. The number of carbonyl (C=O) groups is 1. The van der Waals surface area contributed by atoms with E-state index in [4.69, 9.17) is 9.73 Å². The molecule has 7 rings (SSSR count). The zero-order valence-electron chi connectivity index (χ0n) is 24.8. The Labute approximate surface area is 254 Å². The summed E-state index contributed by atoms with van der Waals surface area (Å²) in [5.74, 6) is -0.0937. The molecule has 2 aromatic rings. The number of amides is 1. The molecule has 0 saturated heterocycles. The molecule has 4 saturated carbocycles. The van der Waals surface area contributed by atoms with Crippen molar-refractivity contribution < 1.29 is 35.5 Å². The number of nitrogens with zero attached hydrogens (tertiary/aromatic N) is 2. The first kappa shape index (κ1) is 31.0. The molecule has 1 atom stereocenters. The minimum Gasteiger partial charge on any atom is -0.376 e. The van der Waals surface area contributed by atoms with Gasteiger partial charge in [-0.3, -0.25) is 9.79 Å². The number of nitrogens with one attached hydrogen (secondary N) is 2. The van der Waals surface area contributed by atoms with Crippen LogP contribution in [0.15, 0.2) is 58.4 Å². The normalized spacial score (nSPS) is 28.3. The quantitative estimate of drug-likeness (QED) is 0.366. The topological polar surface area (TPSA) is 100 Å².